The van der Waals surface area contributed by atoms with Gasteiger partial charge in [0.25, 0.3) is 10.0 Å². The first-order valence-electron chi connectivity index (χ1n) is 6.58. The number of nitrogens with zero attached hydrogens (tertiary/aromatic N) is 2. The second-order valence-corrected chi connectivity index (χ2v) is 8.86. The van der Waals surface area contributed by atoms with Crippen molar-refractivity contribution in [1.82, 2.24) is 15.5 Å². The molecular formula is C12H18N4O2S3. The van der Waals surface area contributed by atoms with Gasteiger partial charge in [-0.25, -0.2) is 8.42 Å². The zero-order valence-electron chi connectivity index (χ0n) is 12.1. The van der Waals surface area contributed by atoms with E-state index in [1.54, 1.807) is 6.07 Å². The topological polar surface area (TPSA) is 84.0 Å². The van der Waals surface area contributed by atoms with Crippen molar-refractivity contribution in [1.29, 1.82) is 0 Å². The molecular weight excluding hydrogens is 328 g/mol. The van der Waals surface area contributed by atoms with Crippen LogP contribution >= 0.6 is 22.7 Å². The lowest BCUT2D eigenvalue weighted by molar-refractivity contribution is 0.593. The molecule has 0 bridgehead atoms. The molecule has 0 atom stereocenters. The predicted octanol–water partition coefficient (Wildman–Crippen LogP) is 2.46. The number of thiophene rings is 1. The van der Waals surface area contributed by atoms with Crippen LogP contribution in [-0.4, -0.2) is 24.7 Å². The van der Waals surface area contributed by atoms with E-state index in [1.165, 1.54) is 22.7 Å². The summed E-state index contributed by atoms with van der Waals surface area (Å²) in [5, 5.41) is 12.1. The Morgan fingerprint density at radius 2 is 2.00 bits per heavy atom. The molecule has 0 aliphatic rings. The predicted molar refractivity (Wildman–Crippen MR) is 86.4 cm³/mol. The summed E-state index contributed by atoms with van der Waals surface area (Å²) in [5.41, 5.74) is 0. The molecule has 2 aromatic rings. The Balaban J connectivity index is 2.08. The van der Waals surface area contributed by atoms with Gasteiger partial charge >= 0.3 is 0 Å². The second-order valence-electron chi connectivity index (χ2n) is 4.72. The zero-order valence-corrected chi connectivity index (χ0v) is 14.5. The molecule has 0 amide bonds. The number of sulfonamides is 1. The maximum atomic E-state index is 12.3. The van der Waals surface area contributed by atoms with Crippen LogP contribution in [0.4, 0.5) is 5.13 Å². The quantitative estimate of drug-likeness (QED) is 0.804. The monoisotopic (exact) mass is 346 g/mol. The minimum atomic E-state index is -3.58. The van der Waals surface area contributed by atoms with E-state index in [-0.39, 0.29) is 4.21 Å². The largest absolute Gasteiger partial charge is 0.310 e. The number of hydrogen-bond acceptors (Lipinski definition) is 7. The summed E-state index contributed by atoms with van der Waals surface area (Å²) in [6, 6.07) is 3.80. The van der Waals surface area contributed by atoms with Crippen LogP contribution in [0.2, 0.25) is 0 Å². The Kier molecular flexibility index (Phi) is 5.31. The van der Waals surface area contributed by atoms with Crippen LogP contribution in [0.15, 0.2) is 16.3 Å². The van der Waals surface area contributed by atoms with Crippen LogP contribution in [0.5, 0.6) is 0 Å². The highest BCUT2D eigenvalue weighted by Crippen LogP contribution is 2.25. The molecule has 0 aliphatic heterocycles. The van der Waals surface area contributed by atoms with Gasteiger partial charge in [-0.3, -0.25) is 4.72 Å². The highest BCUT2D eigenvalue weighted by Gasteiger charge is 2.19. The lowest BCUT2D eigenvalue weighted by atomic mass is 10.4. The number of aromatic nitrogens is 2. The van der Waals surface area contributed by atoms with Crippen LogP contribution in [0, 0.1) is 0 Å². The molecule has 0 aromatic carbocycles. The van der Waals surface area contributed by atoms with E-state index in [0.29, 0.717) is 17.7 Å². The van der Waals surface area contributed by atoms with Crippen molar-refractivity contribution in [3.8, 4) is 0 Å². The normalized spacial score (nSPS) is 12.0. The first kappa shape index (κ1) is 16.3. The van der Waals surface area contributed by atoms with Crippen LogP contribution in [-0.2, 0) is 23.0 Å². The third-order valence-corrected chi connectivity index (χ3v) is 6.61. The molecule has 0 aliphatic carbocycles. The molecule has 0 fully saturated rings. The second kappa shape index (κ2) is 6.82. The Hall–Kier alpha value is -1.03. The van der Waals surface area contributed by atoms with Gasteiger partial charge in [-0.05, 0) is 18.6 Å². The van der Waals surface area contributed by atoms with Gasteiger partial charge in [0.1, 0.15) is 9.22 Å². The maximum Gasteiger partial charge on any atom is 0.273 e. The van der Waals surface area contributed by atoms with Crippen molar-refractivity contribution >= 4 is 37.8 Å². The Labute approximate surface area is 132 Å². The molecule has 2 aromatic heterocycles. The summed E-state index contributed by atoms with van der Waals surface area (Å²) in [6.45, 7) is 6.71. The van der Waals surface area contributed by atoms with E-state index >= 15 is 0 Å². The molecule has 6 nitrogen and oxygen atoms in total. The summed E-state index contributed by atoms with van der Waals surface area (Å²) < 4.78 is 27.3. The van der Waals surface area contributed by atoms with Crippen LogP contribution in [0.3, 0.4) is 0 Å². The lowest BCUT2D eigenvalue weighted by Gasteiger charge is -2.05. The van der Waals surface area contributed by atoms with Crippen LogP contribution < -0.4 is 10.0 Å². The Morgan fingerprint density at radius 3 is 2.62 bits per heavy atom. The fraction of sp³-hybridized carbons (Fsp3) is 0.500. The molecule has 0 radical (unpaired) electrons. The Morgan fingerprint density at radius 1 is 1.24 bits per heavy atom. The van der Waals surface area contributed by atoms with Crippen molar-refractivity contribution < 1.29 is 8.42 Å². The lowest BCUT2D eigenvalue weighted by Crippen LogP contribution is -2.21. The van der Waals surface area contributed by atoms with Crippen molar-refractivity contribution in [2.24, 2.45) is 0 Å². The van der Waals surface area contributed by atoms with Gasteiger partial charge in [-0.1, -0.05) is 32.1 Å². The average molecular weight is 347 g/mol. The van der Waals surface area contributed by atoms with E-state index in [4.69, 9.17) is 0 Å². The fourth-order valence-corrected chi connectivity index (χ4v) is 4.72. The third-order valence-electron chi connectivity index (χ3n) is 2.58. The number of nitrogens with one attached hydrogen (secondary N) is 2. The van der Waals surface area contributed by atoms with Gasteiger partial charge in [0, 0.05) is 17.5 Å². The summed E-state index contributed by atoms with van der Waals surface area (Å²) in [4.78, 5) is 0.982. The van der Waals surface area contributed by atoms with Gasteiger partial charge in [0.05, 0.1) is 0 Å². The third kappa shape index (κ3) is 4.47. The highest BCUT2D eigenvalue weighted by atomic mass is 32.2. The first-order valence-corrected chi connectivity index (χ1v) is 9.69. The van der Waals surface area contributed by atoms with E-state index in [0.717, 1.165) is 16.3 Å². The molecule has 2 rings (SSSR count). The van der Waals surface area contributed by atoms with Crippen molar-refractivity contribution in [3.63, 3.8) is 0 Å². The van der Waals surface area contributed by atoms with Gasteiger partial charge < -0.3 is 5.32 Å². The number of anilines is 1. The highest BCUT2D eigenvalue weighted by molar-refractivity contribution is 7.94. The molecule has 0 saturated carbocycles. The molecule has 9 heteroatoms. The van der Waals surface area contributed by atoms with E-state index in [1.807, 2.05) is 26.8 Å². The van der Waals surface area contributed by atoms with Crippen molar-refractivity contribution in [2.45, 2.75) is 44.0 Å². The van der Waals surface area contributed by atoms with Crippen LogP contribution in [0.25, 0.3) is 0 Å². The van der Waals surface area contributed by atoms with Crippen molar-refractivity contribution in [3.05, 3.63) is 22.0 Å². The summed E-state index contributed by atoms with van der Waals surface area (Å²) in [5.74, 6) is 0. The molecule has 0 spiro atoms. The minimum absolute atomic E-state index is 0.288. The molecule has 2 heterocycles. The summed E-state index contributed by atoms with van der Waals surface area (Å²) in [6.07, 6.45) is 0.740. The SMILES string of the molecule is CCc1nnc(NS(=O)(=O)c2ccc(CNC(C)C)s2)s1. The molecule has 0 unspecified atom stereocenters. The smallest absolute Gasteiger partial charge is 0.273 e. The number of rotatable bonds is 7. The molecule has 21 heavy (non-hydrogen) atoms. The van der Waals surface area contributed by atoms with E-state index in [9.17, 15) is 8.42 Å². The molecule has 2 N–H and O–H groups in total. The molecule has 116 valence electrons. The van der Waals surface area contributed by atoms with Gasteiger partial charge in [0.15, 0.2) is 0 Å². The zero-order chi connectivity index (χ0) is 15.5. The summed E-state index contributed by atoms with van der Waals surface area (Å²) >= 11 is 2.51. The van der Waals surface area contributed by atoms with Gasteiger partial charge in [-0.2, -0.15) is 0 Å². The van der Waals surface area contributed by atoms with Crippen LogP contribution in [0.1, 0.15) is 30.7 Å². The minimum Gasteiger partial charge on any atom is -0.310 e. The standard InChI is InChI=1S/C12H18N4O2S3/c1-4-10-14-15-12(20-10)16-21(17,18)11-6-5-9(19-11)7-13-8(2)3/h5-6,8,13H,4,7H2,1-3H3,(H,15,16). The van der Waals surface area contributed by atoms with Gasteiger partial charge in [0.2, 0.25) is 5.13 Å². The van der Waals surface area contributed by atoms with E-state index in [2.05, 4.69) is 20.2 Å². The average Bonchev–Trinajstić information content (AvgIpc) is 3.04. The fourth-order valence-electron chi connectivity index (χ4n) is 1.51. The number of aryl methyl sites for hydroxylation is 1. The first-order chi connectivity index (χ1) is 9.90. The van der Waals surface area contributed by atoms with E-state index < -0.39 is 10.0 Å². The Bertz CT molecular complexity index is 691. The molecule has 0 saturated heterocycles. The van der Waals surface area contributed by atoms with Crippen molar-refractivity contribution in [2.75, 3.05) is 4.72 Å². The van der Waals surface area contributed by atoms with Gasteiger partial charge in [-0.15, -0.1) is 21.5 Å². The maximum absolute atomic E-state index is 12.3. The number of hydrogen-bond donors (Lipinski definition) is 2. The summed E-state index contributed by atoms with van der Waals surface area (Å²) in [7, 11) is -3.58.